The molecule has 6 nitrogen and oxygen atoms in total. The van der Waals surface area contributed by atoms with Gasteiger partial charge in [-0.3, -0.25) is 4.79 Å². The lowest BCUT2D eigenvalue weighted by atomic mass is 9.97. The fourth-order valence-electron chi connectivity index (χ4n) is 2.47. The Labute approximate surface area is 151 Å². The van der Waals surface area contributed by atoms with Crippen LogP contribution in [0.2, 0.25) is 0 Å². The minimum Gasteiger partial charge on any atom is -0.497 e. The molecule has 0 heterocycles. The summed E-state index contributed by atoms with van der Waals surface area (Å²) < 4.78 is 19.4. The van der Waals surface area contributed by atoms with Gasteiger partial charge in [-0.05, 0) is 24.6 Å². The number of carbonyl (C=O) groups excluding carboxylic acids is 1. The molecule has 7 N–H and O–H groups in total. The smallest absolute Gasteiger partial charge is 0.269 e. The van der Waals surface area contributed by atoms with Crippen LogP contribution in [0.25, 0.3) is 16.8 Å². The first-order valence-corrected chi connectivity index (χ1v) is 8.16. The number of hydrogen-bond donors (Lipinski definition) is 4. The number of nitrogens with one attached hydrogen (secondary N) is 1. The van der Waals surface area contributed by atoms with E-state index in [0.717, 1.165) is 6.42 Å². The van der Waals surface area contributed by atoms with Gasteiger partial charge in [0.2, 0.25) is 0 Å². The Kier molecular flexibility index (Phi) is 6.06. The van der Waals surface area contributed by atoms with Gasteiger partial charge < -0.3 is 27.3 Å². The molecule has 0 spiro atoms. The van der Waals surface area contributed by atoms with Crippen molar-refractivity contribution >= 4 is 17.3 Å². The normalized spacial score (nSPS) is 11.7. The molecule has 2 rings (SSSR count). The second-order valence-electron chi connectivity index (χ2n) is 5.70. The van der Waals surface area contributed by atoms with Crippen LogP contribution in [-0.2, 0) is 4.79 Å². The van der Waals surface area contributed by atoms with Gasteiger partial charge in [-0.1, -0.05) is 25.1 Å². The quantitative estimate of drug-likeness (QED) is 0.467. The van der Waals surface area contributed by atoms with E-state index in [0.29, 0.717) is 23.4 Å². The lowest BCUT2D eigenvalue weighted by molar-refractivity contribution is -0.117. The van der Waals surface area contributed by atoms with Gasteiger partial charge in [-0.25, -0.2) is 4.39 Å². The van der Waals surface area contributed by atoms with E-state index in [-0.39, 0.29) is 22.6 Å². The van der Waals surface area contributed by atoms with Crippen LogP contribution < -0.4 is 27.3 Å². The number of ether oxygens (including phenoxy) is 1. The van der Waals surface area contributed by atoms with Crippen molar-refractivity contribution in [2.75, 3.05) is 19.4 Å². The maximum atomic E-state index is 14.3. The zero-order valence-corrected chi connectivity index (χ0v) is 14.8. The molecule has 0 fully saturated rings. The summed E-state index contributed by atoms with van der Waals surface area (Å²) in [5.74, 6) is -0.430. The van der Waals surface area contributed by atoms with Crippen molar-refractivity contribution in [3.63, 3.8) is 0 Å². The van der Waals surface area contributed by atoms with Gasteiger partial charge >= 0.3 is 0 Å². The van der Waals surface area contributed by atoms with Gasteiger partial charge in [-0.2, -0.15) is 0 Å². The molecule has 0 aliphatic carbocycles. The highest BCUT2D eigenvalue weighted by Crippen LogP contribution is 2.34. The van der Waals surface area contributed by atoms with E-state index in [1.165, 1.54) is 19.2 Å². The fraction of sp³-hybridized carbons (Fsp3) is 0.211. The summed E-state index contributed by atoms with van der Waals surface area (Å²) in [4.78, 5) is 12.0. The summed E-state index contributed by atoms with van der Waals surface area (Å²) in [5.41, 5.74) is 19.3. The Bertz CT molecular complexity index is 849. The zero-order valence-electron chi connectivity index (χ0n) is 14.8. The molecular formula is C19H23FN4O2. The summed E-state index contributed by atoms with van der Waals surface area (Å²) in [6, 6.07) is 9.32. The van der Waals surface area contributed by atoms with Gasteiger partial charge in [0.1, 0.15) is 17.3 Å². The number of nitrogens with two attached hydrogens (primary N) is 3. The number of methoxy groups -OCH3 is 1. The summed E-state index contributed by atoms with van der Waals surface area (Å²) >= 11 is 0. The predicted molar refractivity (Wildman–Crippen MR) is 101 cm³/mol. The van der Waals surface area contributed by atoms with Crippen molar-refractivity contribution in [3.8, 4) is 16.9 Å². The highest BCUT2D eigenvalue weighted by atomic mass is 19.1. The topological polar surface area (TPSA) is 116 Å². The van der Waals surface area contributed by atoms with Crippen LogP contribution in [0.1, 0.15) is 18.9 Å². The third-order valence-electron chi connectivity index (χ3n) is 3.93. The van der Waals surface area contributed by atoms with Crippen molar-refractivity contribution in [2.45, 2.75) is 13.3 Å². The predicted octanol–water partition coefficient (Wildman–Crippen LogP) is 2.20. The molecule has 138 valence electrons. The summed E-state index contributed by atoms with van der Waals surface area (Å²) in [6.45, 7) is 2.41. The molecule has 0 saturated carbocycles. The number of carbonyl (C=O) groups is 1. The van der Waals surface area contributed by atoms with Gasteiger partial charge in [0.05, 0.1) is 12.8 Å². The van der Waals surface area contributed by atoms with Gasteiger partial charge in [0.25, 0.3) is 5.91 Å². The van der Waals surface area contributed by atoms with Crippen LogP contribution in [0.4, 0.5) is 10.1 Å². The Morgan fingerprint density at radius 3 is 2.58 bits per heavy atom. The fourth-order valence-corrected chi connectivity index (χ4v) is 2.47. The number of rotatable bonds is 6. The second kappa shape index (κ2) is 8.24. The highest BCUT2D eigenvalue weighted by Gasteiger charge is 2.17. The molecule has 2 aromatic rings. The van der Waals surface area contributed by atoms with Crippen molar-refractivity contribution in [1.82, 2.24) is 5.32 Å². The van der Waals surface area contributed by atoms with E-state index in [4.69, 9.17) is 21.9 Å². The lowest BCUT2D eigenvalue weighted by Gasteiger charge is -2.15. The molecule has 0 saturated heterocycles. The number of benzene rings is 2. The minimum absolute atomic E-state index is 0.0428. The van der Waals surface area contributed by atoms with E-state index >= 15 is 0 Å². The molecule has 1 amide bonds. The van der Waals surface area contributed by atoms with Crippen molar-refractivity contribution in [3.05, 3.63) is 53.5 Å². The van der Waals surface area contributed by atoms with Crippen LogP contribution in [-0.4, -0.2) is 19.6 Å². The van der Waals surface area contributed by atoms with Crippen LogP contribution in [0.5, 0.6) is 5.75 Å². The summed E-state index contributed by atoms with van der Waals surface area (Å²) in [7, 11) is 1.49. The lowest BCUT2D eigenvalue weighted by Crippen LogP contribution is -2.31. The third-order valence-corrected chi connectivity index (χ3v) is 3.93. The first kappa shape index (κ1) is 19.1. The molecular weight excluding hydrogens is 335 g/mol. The molecule has 0 aliphatic heterocycles. The second-order valence-corrected chi connectivity index (χ2v) is 5.70. The van der Waals surface area contributed by atoms with Crippen LogP contribution in [0, 0.1) is 5.82 Å². The van der Waals surface area contributed by atoms with Crippen molar-refractivity contribution in [1.29, 1.82) is 0 Å². The number of para-hydroxylation sites is 1. The Balaban J connectivity index is 2.52. The van der Waals surface area contributed by atoms with E-state index in [9.17, 15) is 9.18 Å². The van der Waals surface area contributed by atoms with Gasteiger partial charge in [0.15, 0.2) is 0 Å². The standard InChI is InChI=1S/C19H23FN4O2/c1-3-9-24-19(25)18(23)17(22)13-6-4-5-12(16(13)21)14-10-11(26-2)7-8-15(14)20/h4-8,10H,3,9,21-23H2,1-2H3,(H,24,25)/b18-17+. The Morgan fingerprint density at radius 2 is 1.92 bits per heavy atom. The third kappa shape index (κ3) is 3.88. The zero-order chi connectivity index (χ0) is 19.3. The van der Waals surface area contributed by atoms with Crippen molar-refractivity contribution < 1.29 is 13.9 Å². The number of halogens is 1. The van der Waals surface area contributed by atoms with Crippen molar-refractivity contribution in [2.24, 2.45) is 11.5 Å². The average Bonchev–Trinajstić information content (AvgIpc) is 2.65. The molecule has 26 heavy (non-hydrogen) atoms. The largest absolute Gasteiger partial charge is 0.497 e. The first-order valence-electron chi connectivity index (χ1n) is 8.16. The molecule has 0 aromatic heterocycles. The van der Waals surface area contributed by atoms with E-state index < -0.39 is 11.7 Å². The monoisotopic (exact) mass is 358 g/mol. The Morgan fingerprint density at radius 1 is 1.19 bits per heavy atom. The molecule has 0 bridgehead atoms. The molecule has 0 radical (unpaired) electrons. The maximum Gasteiger partial charge on any atom is 0.269 e. The number of hydrogen-bond acceptors (Lipinski definition) is 5. The number of amides is 1. The molecule has 0 aliphatic rings. The SMILES string of the molecule is CCCNC(=O)/C(N)=C(\N)c1cccc(-c2cc(OC)ccc2F)c1N. The number of anilines is 1. The first-order chi connectivity index (χ1) is 12.4. The van der Waals surface area contributed by atoms with Gasteiger partial charge in [-0.15, -0.1) is 0 Å². The summed E-state index contributed by atoms with van der Waals surface area (Å²) in [5, 5.41) is 2.65. The van der Waals surface area contributed by atoms with E-state index in [1.807, 2.05) is 6.92 Å². The summed E-state index contributed by atoms with van der Waals surface area (Å²) in [6.07, 6.45) is 0.770. The highest BCUT2D eigenvalue weighted by molar-refractivity contribution is 6.01. The Hall–Kier alpha value is -3.22. The van der Waals surface area contributed by atoms with E-state index in [2.05, 4.69) is 5.32 Å². The number of nitrogen functional groups attached to an aromatic ring is 1. The average molecular weight is 358 g/mol. The minimum atomic E-state index is -0.471. The van der Waals surface area contributed by atoms with Gasteiger partial charge in [0, 0.05) is 28.9 Å². The van der Waals surface area contributed by atoms with E-state index in [1.54, 1.807) is 24.3 Å². The molecule has 7 heteroatoms. The van der Waals surface area contributed by atoms with Crippen LogP contribution in [0.15, 0.2) is 42.1 Å². The molecule has 2 aromatic carbocycles. The molecule has 0 atom stereocenters. The maximum absolute atomic E-state index is 14.3. The molecule has 0 unspecified atom stereocenters. The van der Waals surface area contributed by atoms with Crippen LogP contribution in [0.3, 0.4) is 0 Å². The van der Waals surface area contributed by atoms with Crippen LogP contribution >= 0.6 is 0 Å².